The summed E-state index contributed by atoms with van der Waals surface area (Å²) in [5.41, 5.74) is 1.34. The summed E-state index contributed by atoms with van der Waals surface area (Å²) in [6, 6.07) is 8.53. The van der Waals surface area contributed by atoms with Crippen LogP contribution < -0.4 is 0 Å². The highest BCUT2D eigenvalue weighted by Crippen LogP contribution is 2.12. The molecule has 0 heterocycles. The van der Waals surface area contributed by atoms with E-state index in [1.54, 1.807) is 11.8 Å². The molecule has 0 saturated carbocycles. The molecule has 0 N–H and O–H groups in total. The monoisotopic (exact) mass is 288 g/mol. The van der Waals surface area contributed by atoms with Crippen LogP contribution >= 0.6 is 34.4 Å². The third-order valence-corrected chi connectivity index (χ3v) is 2.87. The zero-order valence-electron chi connectivity index (χ0n) is 6.80. The van der Waals surface area contributed by atoms with E-state index in [9.17, 15) is 0 Å². The molecule has 12 heavy (non-hydrogen) atoms. The fourth-order valence-corrected chi connectivity index (χ4v) is 1.71. The third-order valence-electron chi connectivity index (χ3n) is 1.33. The fourth-order valence-electron chi connectivity index (χ4n) is 0.772. The molecular weight excluding hydrogens is 279 g/mol. The van der Waals surface area contributed by atoms with Crippen LogP contribution in [0, 0.1) is 14.7 Å². The minimum absolute atomic E-state index is 0.984. The Labute approximate surface area is 91.3 Å². The molecule has 0 fully saturated rings. The summed E-state index contributed by atoms with van der Waals surface area (Å²) in [6.07, 6.45) is 0. The molecule has 0 radical (unpaired) electrons. The number of thioether (sulfide) groups is 1. The van der Waals surface area contributed by atoms with Crippen LogP contribution in [0.2, 0.25) is 0 Å². The lowest BCUT2D eigenvalue weighted by Crippen LogP contribution is -1.78. The average Bonchev–Trinajstić information content (AvgIpc) is 2.09. The number of hydrogen-bond donors (Lipinski definition) is 0. The lowest BCUT2D eigenvalue weighted by Gasteiger charge is -1.95. The van der Waals surface area contributed by atoms with Gasteiger partial charge in [0.15, 0.2) is 0 Å². The van der Waals surface area contributed by atoms with Gasteiger partial charge in [-0.05, 0) is 52.5 Å². The van der Waals surface area contributed by atoms with Gasteiger partial charge in [-0.15, -0.1) is 0 Å². The van der Waals surface area contributed by atoms with E-state index in [2.05, 4.69) is 58.0 Å². The number of rotatable bonds is 2. The Balaban J connectivity index is 2.51. The minimum Gasteiger partial charge on any atom is -0.0947 e. The van der Waals surface area contributed by atoms with Crippen molar-refractivity contribution in [2.45, 2.75) is 12.7 Å². The normalized spacial score (nSPS) is 8.83. The van der Waals surface area contributed by atoms with Crippen molar-refractivity contribution in [3.8, 4) is 11.2 Å². The zero-order valence-corrected chi connectivity index (χ0v) is 9.78. The van der Waals surface area contributed by atoms with Gasteiger partial charge in [0.1, 0.15) is 0 Å². The van der Waals surface area contributed by atoms with Crippen molar-refractivity contribution < 1.29 is 0 Å². The topological polar surface area (TPSA) is 0 Å². The van der Waals surface area contributed by atoms with Gasteiger partial charge >= 0.3 is 0 Å². The quantitative estimate of drug-likeness (QED) is 0.593. The number of benzene rings is 1. The van der Waals surface area contributed by atoms with Crippen LogP contribution in [0.15, 0.2) is 24.3 Å². The molecule has 1 aromatic carbocycles. The van der Waals surface area contributed by atoms with Gasteiger partial charge < -0.3 is 0 Å². The van der Waals surface area contributed by atoms with Gasteiger partial charge in [0, 0.05) is 9.32 Å². The largest absolute Gasteiger partial charge is 0.0947 e. The van der Waals surface area contributed by atoms with Gasteiger partial charge in [0.05, 0.1) is 0 Å². The van der Waals surface area contributed by atoms with E-state index in [1.165, 1.54) is 9.13 Å². The second kappa shape index (κ2) is 5.50. The molecule has 62 valence electrons. The van der Waals surface area contributed by atoms with Crippen LogP contribution in [-0.4, -0.2) is 0 Å². The van der Waals surface area contributed by atoms with E-state index in [0.717, 1.165) is 5.75 Å². The fraction of sp³-hybridized carbons (Fsp3) is 0.200. The van der Waals surface area contributed by atoms with E-state index in [0.29, 0.717) is 0 Å². The first-order valence-electron chi connectivity index (χ1n) is 3.61. The summed E-state index contributed by atoms with van der Waals surface area (Å²) >= 11 is 3.96. The van der Waals surface area contributed by atoms with Gasteiger partial charge in [-0.25, -0.2) is 0 Å². The zero-order chi connectivity index (χ0) is 8.81. The van der Waals surface area contributed by atoms with E-state index < -0.39 is 0 Å². The first-order valence-corrected chi connectivity index (χ1v) is 5.67. The van der Waals surface area contributed by atoms with Gasteiger partial charge in [0.2, 0.25) is 0 Å². The lowest BCUT2D eigenvalue weighted by molar-refractivity contribution is 1.41. The Morgan fingerprint density at radius 2 is 2.00 bits per heavy atom. The maximum atomic E-state index is 2.98. The molecule has 0 unspecified atom stereocenters. The Morgan fingerprint density at radius 1 is 1.33 bits per heavy atom. The minimum atomic E-state index is 0.984. The number of hydrogen-bond acceptors (Lipinski definition) is 1. The third kappa shape index (κ3) is 3.51. The van der Waals surface area contributed by atoms with Gasteiger partial charge in [-0.3, -0.25) is 0 Å². The van der Waals surface area contributed by atoms with Crippen LogP contribution in [0.1, 0.15) is 12.5 Å². The highest BCUT2D eigenvalue weighted by molar-refractivity contribution is 14.1. The predicted molar refractivity (Wildman–Crippen MR) is 63.9 cm³/mol. The maximum absolute atomic E-state index is 2.98. The van der Waals surface area contributed by atoms with Crippen molar-refractivity contribution in [3.05, 3.63) is 33.4 Å². The van der Waals surface area contributed by atoms with Crippen LogP contribution in [-0.2, 0) is 5.75 Å². The van der Waals surface area contributed by atoms with Crippen molar-refractivity contribution in [2.75, 3.05) is 0 Å². The highest BCUT2D eigenvalue weighted by atomic mass is 127. The highest BCUT2D eigenvalue weighted by Gasteiger charge is 1.90. The average molecular weight is 288 g/mol. The first-order chi connectivity index (χ1) is 5.83. The molecule has 0 nitrogen and oxygen atoms in total. The van der Waals surface area contributed by atoms with Crippen molar-refractivity contribution in [3.63, 3.8) is 0 Å². The molecule has 0 aliphatic rings. The van der Waals surface area contributed by atoms with Gasteiger partial charge in [0.25, 0.3) is 0 Å². The van der Waals surface area contributed by atoms with Crippen molar-refractivity contribution in [1.29, 1.82) is 0 Å². The van der Waals surface area contributed by atoms with Crippen molar-refractivity contribution in [1.82, 2.24) is 0 Å². The molecule has 0 aliphatic heterocycles. The van der Waals surface area contributed by atoms with E-state index in [4.69, 9.17) is 0 Å². The van der Waals surface area contributed by atoms with Crippen LogP contribution in [0.25, 0.3) is 0 Å². The molecule has 0 bridgehead atoms. The molecular formula is C10H9IS. The second-order valence-electron chi connectivity index (χ2n) is 2.27. The first kappa shape index (κ1) is 9.94. The van der Waals surface area contributed by atoms with Gasteiger partial charge in [-0.2, -0.15) is 0 Å². The molecule has 0 atom stereocenters. The molecule has 1 rings (SSSR count). The second-order valence-corrected chi connectivity index (χ2v) is 4.29. The van der Waals surface area contributed by atoms with Crippen molar-refractivity contribution >= 4 is 34.4 Å². The Hall–Kier alpha value is -0.140. The molecule has 1 aromatic rings. The standard InChI is InChI=1S/C10H9IS/c1-2-7-12-8-9-3-5-10(11)6-4-9/h3-6H,8H2,1H3. The van der Waals surface area contributed by atoms with Crippen LogP contribution in [0.4, 0.5) is 0 Å². The Bertz CT molecular complexity index is 292. The molecule has 2 heteroatoms. The van der Waals surface area contributed by atoms with E-state index >= 15 is 0 Å². The predicted octanol–water partition coefficient (Wildman–Crippen LogP) is 3.51. The molecule has 0 aromatic heterocycles. The van der Waals surface area contributed by atoms with Crippen LogP contribution in [0.5, 0.6) is 0 Å². The molecule has 0 amide bonds. The molecule has 0 saturated heterocycles. The Kier molecular flexibility index (Phi) is 4.55. The SMILES string of the molecule is CC#CSCc1ccc(I)cc1. The summed E-state index contributed by atoms with van der Waals surface area (Å²) in [6.45, 7) is 1.86. The molecule has 0 aliphatic carbocycles. The summed E-state index contributed by atoms with van der Waals surface area (Å²) in [4.78, 5) is 0. The van der Waals surface area contributed by atoms with E-state index in [-0.39, 0.29) is 0 Å². The summed E-state index contributed by atoms with van der Waals surface area (Å²) in [5, 5.41) is 2.98. The summed E-state index contributed by atoms with van der Waals surface area (Å²) < 4.78 is 1.28. The van der Waals surface area contributed by atoms with Crippen molar-refractivity contribution in [2.24, 2.45) is 0 Å². The Morgan fingerprint density at radius 3 is 2.58 bits per heavy atom. The number of halogens is 1. The smallest absolute Gasteiger partial charge is 0.0308 e. The maximum Gasteiger partial charge on any atom is 0.0308 e. The molecule has 0 spiro atoms. The van der Waals surface area contributed by atoms with Gasteiger partial charge in [-0.1, -0.05) is 29.8 Å². The summed E-state index contributed by atoms with van der Waals surface area (Å²) in [7, 11) is 0. The lowest BCUT2D eigenvalue weighted by atomic mass is 10.2. The van der Waals surface area contributed by atoms with Crippen LogP contribution in [0.3, 0.4) is 0 Å². The van der Waals surface area contributed by atoms with E-state index in [1.807, 2.05) is 6.92 Å². The summed E-state index contributed by atoms with van der Waals surface area (Å²) in [5.74, 6) is 3.84.